The van der Waals surface area contributed by atoms with Gasteiger partial charge in [0, 0.05) is 17.5 Å². The molecule has 3 heterocycles. The Bertz CT molecular complexity index is 675. The number of hydrogen-bond donors (Lipinski definition) is 0. The number of piperidine rings is 1. The van der Waals surface area contributed by atoms with E-state index in [1.54, 1.807) is 30.4 Å². The first kappa shape index (κ1) is 16.4. The fourth-order valence-electron chi connectivity index (χ4n) is 3.12. The summed E-state index contributed by atoms with van der Waals surface area (Å²) < 4.78 is 0. The van der Waals surface area contributed by atoms with Crippen molar-refractivity contribution in [1.29, 1.82) is 0 Å². The summed E-state index contributed by atoms with van der Waals surface area (Å²) >= 11 is 3.11. The van der Waals surface area contributed by atoms with Gasteiger partial charge in [0.2, 0.25) is 0 Å². The number of likely N-dealkylation sites (tertiary alicyclic amines) is 1. The maximum absolute atomic E-state index is 12.8. The van der Waals surface area contributed by atoms with Crippen molar-refractivity contribution >= 4 is 34.4 Å². The highest BCUT2D eigenvalue weighted by molar-refractivity contribution is 7.16. The average molecular weight is 348 g/mol. The van der Waals surface area contributed by atoms with Crippen LogP contribution in [-0.2, 0) is 6.42 Å². The molecule has 0 bridgehead atoms. The van der Waals surface area contributed by atoms with E-state index in [4.69, 9.17) is 0 Å². The second-order valence-corrected chi connectivity index (χ2v) is 8.10. The van der Waals surface area contributed by atoms with Gasteiger partial charge in [0.15, 0.2) is 5.78 Å². The summed E-state index contributed by atoms with van der Waals surface area (Å²) in [7, 11) is 0. The first-order valence-electron chi connectivity index (χ1n) is 8.09. The molecule has 3 nitrogen and oxygen atoms in total. The van der Waals surface area contributed by atoms with Gasteiger partial charge in [0.25, 0.3) is 5.91 Å². The van der Waals surface area contributed by atoms with Crippen molar-refractivity contribution in [2.24, 2.45) is 0 Å². The fraction of sp³-hybridized carbons (Fsp3) is 0.444. The summed E-state index contributed by atoms with van der Waals surface area (Å²) in [4.78, 5) is 29.1. The minimum atomic E-state index is 0.0296. The average Bonchev–Trinajstić information content (AvgIpc) is 3.24. The van der Waals surface area contributed by atoms with Gasteiger partial charge >= 0.3 is 0 Å². The van der Waals surface area contributed by atoms with Crippen LogP contribution in [0.2, 0.25) is 0 Å². The summed E-state index contributed by atoms with van der Waals surface area (Å²) in [5, 5.41) is 2.11. The molecule has 122 valence electrons. The van der Waals surface area contributed by atoms with E-state index >= 15 is 0 Å². The second-order valence-electron chi connectivity index (χ2n) is 5.99. The lowest BCUT2D eigenvalue weighted by Crippen LogP contribution is -2.43. The summed E-state index contributed by atoms with van der Waals surface area (Å²) in [5.74, 6) is 0.125. The predicted octanol–water partition coefficient (Wildman–Crippen LogP) is 4.64. The van der Waals surface area contributed by atoms with E-state index in [0.29, 0.717) is 15.8 Å². The van der Waals surface area contributed by atoms with Crippen LogP contribution in [0.25, 0.3) is 0 Å². The zero-order valence-corrected chi connectivity index (χ0v) is 14.9. The molecule has 0 saturated carbocycles. The maximum atomic E-state index is 12.8. The molecular formula is C18H21NO2S2. The summed E-state index contributed by atoms with van der Waals surface area (Å²) in [6.07, 6.45) is 5.42. The first-order valence-corrected chi connectivity index (χ1v) is 9.79. The number of hydrogen-bond acceptors (Lipinski definition) is 4. The normalized spacial score (nSPS) is 18.1. The van der Waals surface area contributed by atoms with Crippen molar-refractivity contribution in [2.45, 2.75) is 45.1 Å². The summed E-state index contributed by atoms with van der Waals surface area (Å²) in [6.45, 7) is 2.38. The van der Waals surface area contributed by atoms with Crippen molar-refractivity contribution in [3.8, 4) is 0 Å². The molecule has 1 fully saturated rings. The van der Waals surface area contributed by atoms with Crippen LogP contribution in [-0.4, -0.2) is 29.2 Å². The Morgan fingerprint density at radius 1 is 1.22 bits per heavy atom. The van der Waals surface area contributed by atoms with E-state index in [0.717, 1.165) is 32.2 Å². The summed E-state index contributed by atoms with van der Waals surface area (Å²) in [5.41, 5.74) is 0. The molecule has 0 aliphatic carbocycles. The molecule has 0 spiro atoms. The van der Waals surface area contributed by atoms with Crippen LogP contribution in [0.15, 0.2) is 29.6 Å². The number of aryl methyl sites for hydroxylation is 1. The monoisotopic (exact) mass is 347 g/mol. The van der Waals surface area contributed by atoms with Crippen molar-refractivity contribution in [1.82, 2.24) is 4.90 Å². The van der Waals surface area contributed by atoms with Gasteiger partial charge in [-0.05, 0) is 62.6 Å². The lowest BCUT2D eigenvalue weighted by molar-refractivity contribution is 0.0607. The van der Waals surface area contributed by atoms with Gasteiger partial charge in [0.1, 0.15) is 0 Å². The second kappa shape index (κ2) is 7.41. The maximum Gasteiger partial charge on any atom is 0.264 e. The van der Waals surface area contributed by atoms with Gasteiger partial charge in [0.05, 0.1) is 9.75 Å². The van der Waals surface area contributed by atoms with Crippen molar-refractivity contribution in [3.05, 3.63) is 44.3 Å². The predicted molar refractivity (Wildman–Crippen MR) is 95.6 cm³/mol. The van der Waals surface area contributed by atoms with E-state index in [1.807, 2.05) is 4.90 Å². The van der Waals surface area contributed by atoms with Crippen LogP contribution >= 0.6 is 22.7 Å². The van der Waals surface area contributed by atoms with Gasteiger partial charge < -0.3 is 4.90 Å². The Morgan fingerprint density at radius 3 is 2.74 bits per heavy atom. The quantitative estimate of drug-likeness (QED) is 0.739. The molecule has 1 unspecified atom stereocenters. The van der Waals surface area contributed by atoms with Crippen LogP contribution < -0.4 is 0 Å². The third-order valence-corrected chi connectivity index (χ3v) is 6.47. The van der Waals surface area contributed by atoms with Gasteiger partial charge in [-0.25, -0.2) is 0 Å². The smallest absolute Gasteiger partial charge is 0.264 e. The number of thiophene rings is 2. The van der Waals surface area contributed by atoms with Gasteiger partial charge in [-0.3, -0.25) is 9.59 Å². The molecule has 1 amide bonds. The molecule has 0 N–H and O–H groups in total. The Hall–Kier alpha value is -1.46. The molecule has 2 aromatic heterocycles. The minimum Gasteiger partial charge on any atom is -0.335 e. The van der Waals surface area contributed by atoms with Crippen molar-refractivity contribution in [2.75, 3.05) is 6.54 Å². The molecule has 0 aromatic carbocycles. The van der Waals surface area contributed by atoms with Crippen LogP contribution in [0.1, 0.15) is 56.8 Å². The molecule has 0 radical (unpaired) electrons. The Labute approximate surface area is 144 Å². The Kier molecular flexibility index (Phi) is 5.28. The third kappa shape index (κ3) is 3.90. The van der Waals surface area contributed by atoms with Crippen molar-refractivity contribution < 1.29 is 9.59 Å². The molecule has 5 heteroatoms. The van der Waals surface area contributed by atoms with Crippen LogP contribution in [0, 0.1) is 0 Å². The number of amides is 1. The van der Waals surface area contributed by atoms with Crippen molar-refractivity contribution in [3.63, 3.8) is 0 Å². The first-order chi connectivity index (χ1) is 11.1. The van der Waals surface area contributed by atoms with E-state index in [2.05, 4.69) is 17.5 Å². The SMILES string of the molecule is CC(=O)c1ccc(C(=O)N2CCCCC2CCc2cccs2)s1. The Balaban J connectivity index is 1.69. The standard InChI is InChI=1S/C18H21NO2S2/c1-13(20)16-9-10-17(23-16)18(21)19-11-3-2-5-14(19)7-8-15-6-4-12-22-15/h4,6,9-10,12,14H,2-3,5,7-8,11H2,1H3. The molecule has 23 heavy (non-hydrogen) atoms. The number of carbonyl (C=O) groups excluding carboxylic acids is 2. The lowest BCUT2D eigenvalue weighted by atomic mass is 9.97. The van der Waals surface area contributed by atoms with Crippen LogP contribution in [0.3, 0.4) is 0 Å². The van der Waals surface area contributed by atoms with E-state index in [9.17, 15) is 9.59 Å². The molecule has 3 rings (SSSR count). The number of nitrogens with zero attached hydrogens (tertiary/aromatic N) is 1. The highest BCUT2D eigenvalue weighted by Crippen LogP contribution is 2.26. The third-order valence-electron chi connectivity index (χ3n) is 4.36. The summed E-state index contributed by atoms with van der Waals surface area (Å²) in [6, 6.07) is 8.14. The Morgan fingerprint density at radius 2 is 2.04 bits per heavy atom. The molecule has 1 saturated heterocycles. The van der Waals surface area contributed by atoms with E-state index in [1.165, 1.54) is 22.6 Å². The lowest BCUT2D eigenvalue weighted by Gasteiger charge is -2.35. The molecular weight excluding hydrogens is 326 g/mol. The number of rotatable bonds is 5. The molecule has 1 aliphatic rings. The zero-order chi connectivity index (χ0) is 16.2. The number of carbonyl (C=O) groups is 2. The van der Waals surface area contributed by atoms with Crippen LogP contribution in [0.5, 0.6) is 0 Å². The van der Waals surface area contributed by atoms with E-state index < -0.39 is 0 Å². The number of ketones is 1. The topological polar surface area (TPSA) is 37.4 Å². The van der Waals surface area contributed by atoms with Gasteiger partial charge in [-0.2, -0.15) is 0 Å². The number of Topliss-reactive ketones (excluding diaryl/α,β-unsaturated/α-hetero) is 1. The highest BCUT2D eigenvalue weighted by Gasteiger charge is 2.28. The molecule has 2 aromatic rings. The molecule has 1 atom stereocenters. The molecule has 1 aliphatic heterocycles. The largest absolute Gasteiger partial charge is 0.335 e. The fourth-order valence-corrected chi connectivity index (χ4v) is 4.70. The zero-order valence-electron chi connectivity index (χ0n) is 13.3. The van der Waals surface area contributed by atoms with E-state index in [-0.39, 0.29) is 11.7 Å². The minimum absolute atomic E-state index is 0.0296. The van der Waals surface area contributed by atoms with Gasteiger partial charge in [-0.15, -0.1) is 22.7 Å². The highest BCUT2D eigenvalue weighted by atomic mass is 32.1. The van der Waals surface area contributed by atoms with Crippen LogP contribution in [0.4, 0.5) is 0 Å². The van der Waals surface area contributed by atoms with Gasteiger partial charge in [-0.1, -0.05) is 6.07 Å².